The van der Waals surface area contributed by atoms with Crippen molar-refractivity contribution in [2.75, 3.05) is 7.11 Å². The van der Waals surface area contributed by atoms with Gasteiger partial charge in [-0.15, -0.1) is 22.7 Å². The number of nitrogens with zero attached hydrogens (tertiary/aromatic N) is 2. The summed E-state index contributed by atoms with van der Waals surface area (Å²) in [6, 6.07) is 9.35. The van der Waals surface area contributed by atoms with Crippen molar-refractivity contribution in [3.63, 3.8) is 0 Å². The first-order valence-corrected chi connectivity index (χ1v) is 33.5. The van der Waals surface area contributed by atoms with Crippen molar-refractivity contribution in [3.05, 3.63) is 91.8 Å². The van der Waals surface area contributed by atoms with E-state index in [4.69, 9.17) is 19.7 Å². The van der Waals surface area contributed by atoms with Gasteiger partial charge in [-0.3, -0.25) is 52.7 Å². The van der Waals surface area contributed by atoms with E-state index in [0.717, 1.165) is 77.9 Å². The summed E-state index contributed by atoms with van der Waals surface area (Å²) in [5, 5.41) is 47.9. The van der Waals surface area contributed by atoms with Gasteiger partial charge in [0, 0.05) is 65.4 Å². The maximum absolute atomic E-state index is 13.2. The standard InChI is InChI=1S/C34H49N3O8S.C34H47N3O8S.CH4O.B.Na.H/c2*1-21(32(43)36-22(2)28(40)10-8-7-9-11-30-35-19-27(20-38)46-30)16-29(41)23(3)37-33(44)25(18-31(42)45-34(4,5)6)17-24-12-14-26(39)15-13-24;1-2;;;/h12-15,19,21-23,25,38-39H,7-11,16-18,20H2,1-6H3,(H,36,43)(H,37,44);12-15,19-23,25,39H,7-11,16-18H2,1-6H3,(H,36,43)(H,37,44);2H,1H3;;;/q;;;;+1;-1/t2*21-,22+,23+,25-;;;;/m11..../s1. The first-order valence-electron chi connectivity index (χ1n) is 31.9. The number of aldehydes is 1. The number of benzene rings is 2. The second kappa shape index (κ2) is 45.9. The third-order valence-electron chi connectivity index (χ3n) is 14.6. The third kappa shape index (κ3) is 36.7. The Morgan fingerprint density at radius 2 is 0.854 bits per heavy atom. The smallest absolute Gasteiger partial charge is 1.00 e. The van der Waals surface area contributed by atoms with Crippen LogP contribution in [0.2, 0.25) is 0 Å². The van der Waals surface area contributed by atoms with Crippen LogP contribution in [0.5, 0.6) is 11.5 Å². The summed E-state index contributed by atoms with van der Waals surface area (Å²) < 4.78 is 10.8. The van der Waals surface area contributed by atoms with Gasteiger partial charge in [0.15, 0.2) is 29.4 Å². The van der Waals surface area contributed by atoms with E-state index in [2.05, 4.69) is 31.2 Å². The van der Waals surface area contributed by atoms with Crippen LogP contribution in [0.25, 0.3) is 0 Å². The molecule has 0 saturated heterocycles. The van der Waals surface area contributed by atoms with E-state index in [1.165, 1.54) is 60.8 Å². The Kier molecular flexibility index (Phi) is 42.7. The van der Waals surface area contributed by atoms with E-state index in [-0.39, 0.29) is 119 Å². The van der Waals surface area contributed by atoms with Gasteiger partial charge in [-0.1, -0.05) is 51.0 Å². The summed E-state index contributed by atoms with van der Waals surface area (Å²) in [6.07, 6.45) is 10.6. The molecule has 3 radical (unpaired) electrons. The predicted molar refractivity (Wildman–Crippen MR) is 364 cm³/mol. The summed E-state index contributed by atoms with van der Waals surface area (Å²) in [6.45, 7) is 19.9. The van der Waals surface area contributed by atoms with E-state index in [0.29, 0.717) is 30.6 Å². The van der Waals surface area contributed by atoms with Crippen LogP contribution in [-0.2, 0) is 89.7 Å². The number of hydrogen-bond donors (Lipinski definition) is 8. The number of carbonyl (C=O) groups excluding carboxylic acids is 11. The number of aliphatic hydroxyl groups is 2. The van der Waals surface area contributed by atoms with Gasteiger partial charge in [-0.25, -0.2) is 9.97 Å². The number of nitrogens with one attached hydrogen (secondary N) is 4. The summed E-state index contributed by atoms with van der Waals surface area (Å²) in [7, 11) is 1.00. The number of unbranched alkanes of at least 4 members (excludes halogenated alkanes) is 4. The van der Waals surface area contributed by atoms with Gasteiger partial charge < -0.3 is 52.6 Å². The van der Waals surface area contributed by atoms with E-state index in [9.17, 15) is 63.0 Å². The van der Waals surface area contributed by atoms with Crippen LogP contribution in [0.4, 0.5) is 0 Å². The molecule has 0 fully saturated rings. The maximum atomic E-state index is 13.2. The number of aryl methyl sites for hydroxylation is 2. The number of esters is 2. The molecule has 4 amide bonds. The molecule has 4 aromatic rings. The molecule has 525 valence electrons. The molecule has 0 spiro atoms. The Bertz CT molecular complexity index is 3100. The minimum atomic E-state index is -0.919. The summed E-state index contributed by atoms with van der Waals surface area (Å²) in [5.41, 5.74) is -0.0140. The zero-order valence-electron chi connectivity index (χ0n) is 59.4. The Balaban J connectivity index is 0. The molecule has 23 nitrogen and oxygen atoms in total. The minimum absolute atomic E-state index is 0. The fourth-order valence-corrected chi connectivity index (χ4v) is 10.9. The van der Waals surface area contributed by atoms with Crippen molar-refractivity contribution in [3.8, 4) is 11.5 Å². The van der Waals surface area contributed by atoms with Gasteiger partial charge >= 0.3 is 41.5 Å². The number of thiazole rings is 2. The zero-order chi connectivity index (χ0) is 70.9. The second-order valence-corrected chi connectivity index (χ2v) is 27.8. The number of aromatic nitrogens is 2. The van der Waals surface area contributed by atoms with E-state index < -0.39 is 94.6 Å². The topological polar surface area (TPSA) is 361 Å². The average Bonchev–Trinajstić information content (AvgIpc) is 1.87. The van der Waals surface area contributed by atoms with Crippen molar-refractivity contribution in [2.24, 2.45) is 23.7 Å². The van der Waals surface area contributed by atoms with Crippen LogP contribution in [-0.4, -0.2) is 146 Å². The van der Waals surface area contributed by atoms with Crippen molar-refractivity contribution in [1.82, 2.24) is 31.2 Å². The fourth-order valence-electron chi connectivity index (χ4n) is 9.32. The Morgan fingerprint density at radius 3 is 1.19 bits per heavy atom. The number of ketones is 4. The van der Waals surface area contributed by atoms with Crippen molar-refractivity contribution >= 4 is 96.1 Å². The van der Waals surface area contributed by atoms with Crippen LogP contribution in [0.1, 0.15) is 197 Å². The van der Waals surface area contributed by atoms with Gasteiger partial charge in [0.25, 0.3) is 0 Å². The first kappa shape index (κ1) is 89.5. The molecule has 8 N–H and O–H groups in total. The Hall–Kier alpha value is -6.55. The van der Waals surface area contributed by atoms with Gasteiger partial charge in [0.05, 0.1) is 75.2 Å². The number of amides is 4. The molecule has 2 aromatic carbocycles. The molecular weight excluding hydrogens is 1280 g/mol. The molecule has 0 aliphatic heterocycles. The van der Waals surface area contributed by atoms with E-state index in [1.807, 2.05) is 0 Å². The molecule has 96 heavy (non-hydrogen) atoms. The minimum Gasteiger partial charge on any atom is -1.00 e. The average molecular weight is 1380 g/mol. The van der Waals surface area contributed by atoms with Gasteiger partial charge in [0.1, 0.15) is 22.7 Å². The number of rotatable bonds is 38. The largest absolute Gasteiger partial charge is 1.00 e. The van der Waals surface area contributed by atoms with Crippen molar-refractivity contribution in [1.29, 1.82) is 0 Å². The molecule has 2 aromatic heterocycles. The van der Waals surface area contributed by atoms with Crippen LogP contribution < -0.4 is 50.8 Å². The zero-order valence-corrected chi connectivity index (χ0v) is 62.0. The summed E-state index contributed by atoms with van der Waals surface area (Å²) in [4.78, 5) is 149. The normalized spacial score (nSPS) is 13.5. The molecule has 0 unspecified atom stereocenters. The number of carbonyl (C=O) groups is 11. The van der Waals surface area contributed by atoms with Gasteiger partial charge in [-0.05, 0) is 156 Å². The van der Waals surface area contributed by atoms with Crippen LogP contribution in [0.15, 0.2) is 60.9 Å². The van der Waals surface area contributed by atoms with Gasteiger partial charge in [-0.2, -0.15) is 0 Å². The molecule has 0 aliphatic carbocycles. The third-order valence-corrected chi connectivity index (χ3v) is 16.6. The van der Waals surface area contributed by atoms with E-state index >= 15 is 0 Å². The number of phenols is 2. The number of phenolic OH excluding ortho intramolecular Hbond substituents is 2. The number of ether oxygens (including phenoxy) is 2. The van der Waals surface area contributed by atoms with Crippen molar-refractivity contribution in [2.45, 2.75) is 228 Å². The Labute approximate surface area is 599 Å². The van der Waals surface area contributed by atoms with Gasteiger partial charge in [0.2, 0.25) is 23.6 Å². The van der Waals surface area contributed by atoms with Crippen LogP contribution in [0.3, 0.4) is 0 Å². The molecule has 8 atom stereocenters. The summed E-state index contributed by atoms with van der Waals surface area (Å²) >= 11 is 2.84. The molecule has 0 bridgehead atoms. The SMILES string of the molecule is CO.C[C@H](CC(=O)[C@H](C)NC(=O)[C@@H](CC(=O)OC(C)(C)C)Cc1ccc(O)cc1)C(=O)N[C@@H](C)C(=O)CCCCCc1ncc(C=O)s1.C[C@H](CC(=O)[C@H](C)NC(=O)[C@@H](CC(=O)OC(C)(C)C)Cc1ccc(O)cc1)C(=O)N[C@@H](C)C(=O)CCCCCc1ncc(CO)s1.[B].[H-].[Na+]. The summed E-state index contributed by atoms with van der Waals surface area (Å²) in [5.74, 6) is -6.84. The molecule has 0 saturated carbocycles. The number of hydrogen-bond acceptors (Lipinski definition) is 21. The number of aromatic hydroxyl groups is 2. The molecule has 0 aliphatic rings. The molecule has 2 heterocycles. The maximum Gasteiger partial charge on any atom is 1.00 e. The predicted octanol–water partition coefficient (Wildman–Crippen LogP) is 5.08. The van der Waals surface area contributed by atoms with Crippen molar-refractivity contribution < 1.29 is 114 Å². The van der Waals surface area contributed by atoms with Crippen LogP contribution in [0, 0.1) is 23.7 Å². The second-order valence-electron chi connectivity index (χ2n) is 25.5. The van der Waals surface area contributed by atoms with E-state index in [1.54, 1.807) is 106 Å². The first-order chi connectivity index (χ1) is 44.1. The molecular formula is C69H101BN6NaO17S2. The monoisotopic (exact) mass is 1380 g/mol. The van der Waals surface area contributed by atoms with Crippen LogP contribution >= 0.6 is 22.7 Å². The number of aliphatic hydroxyl groups excluding tert-OH is 2. The molecule has 27 heteroatoms. The fraction of sp³-hybridized carbons (Fsp3) is 0.580. The quantitative estimate of drug-likeness (QED) is 0.0125. The number of Topliss-reactive ketones (excluding diaryl/α,β-unsaturated/α-hetero) is 4. The molecule has 4 rings (SSSR count). The Morgan fingerprint density at radius 1 is 0.510 bits per heavy atom.